The molecule has 0 aromatic heterocycles. The van der Waals surface area contributed by atoms with Crippen LogP contribution in [0.25, 0.3) is 0 Å². The van der Waals surface area contributed by atoms with Gasteiger partial charge in [-0.15, -0.1) is 24.2 Å². The van der Waals surface area contributed by atoms with E-state index in [0.717, 1.165) is 36.6 Å². The lowest BCUT2D eigenvalue weighted by Gasteiger charge is -2.17. The zero-order valence-corrected chi connectivity index (χ0v) is 14.4. The molecular formula is C15H24ClNO3S. The number of carboxylic acid groups (broad SMARTS) is 1. The van der Waals surface area contributed by atoms with Crippen molar-refractivity contribution < 1.29 is 14.6 Å². The summed E-state index contributed by atoms with van der Waals surface area (Å²) in [5, 5.41) is 8.59. The van der Waals surface area contributed by atoms with Gasteiger partial charge in [0.1, 0.15) is 5.75 Å². The van der Waals surface area contributed by atoms with Crippen LogP contribution in [0.5, 0.6) is 5.75 Å². The number of benzene rings is 1. The molecule has 0 saturated heterocycles. The molecule has 0 unspecified atom stereocenters. The number of nitrogens with zero attached hydrogens (tertiary/aromatic N) is 1. The Balaban J connectivity index is 0.00000400. The molecule has 1 aromatic carbocycles. The van der Waals surface area contributed by atoms with Gasteiger partial charge in [0.15, 0.2) is 0 Å². The van der Waals surface area contributed by atoms with Crippen LogP contribution in [-0.4, -0.2) is 42.9 Å². The smallest absolute Gasteiger partial charge is 0.303 e. The van der Waals surface area contributed by atoms with Gasteiger partial charge in [0.2, 0.25) is 0 Å². The number of methoxy groups -OCH3 is 1. The van der Waals surface area contributed by atoms with Crippen molar-refractivity contribution in [3.63, 3.8) is 0 Å². The minimum atomic E-state index is -0.718. The van der Waals surface area contributed by atoms with Gasteiger partial charge in [-0.2, -0.15) is 0 Å². The molecule has 0 bridgehead atoms. The fourth-order valence-corrected chi connectivity index (χ4v) is 2.58. The highest BCUT2D eigenvalue weighted by Crippen LogP contribution is 2.28. The second-order valence-corrected chi connectivity index (χ2v) is 5.63. The molecule has 0 atom stereocenters. The van der Waals surface area contributed by atoms with E-state index < -0.39 is 5.97 Å². The van der Waals surface area contributed by atoms with Crippen LogP contribution in [0.2, 0.25) is 0 Å². The molecule has 21 heavy (non-hydrogen) atoms. The second-order valence-electron chi connectivity index (χ2n) is 4.78. The molecule has 0 spiro atoms. The van der Waals surface area contributed by atoms with Crippen molar-refractivity contribution in [3.8, 4) is 5.75 Å². The van der Waals surface area contributed by atoms with Crippen molar-refractivity contribution in [2.24, 2.45) is 0 Å². The monoisotopic (exact) mass is 333 g/mol. The van der Waals surface area contributed by atoms with E-state index >= 15 is 0 Å². The molecule has 120 valence electrons. The number of ether oxygens (including phenoxy) is 1. The Hall–Kier alpha value is -0.910. The summed E-state index contributed by atoms with van der Waals surface area (Å²) in [4.78, 5) is 13.8. The third-order valence-electron chi connectivity index (χ3n) is 3.08. The number of halogens is 1. The number of rotatable bonds is 9. The van der Waals surface area contributed by atoms with Crippen LogP contribution < -0.4 is 4.74 Å². The maximum atomic E-state index is 10.4. The van der Waals surface area contributed by atoms with Gasteiger partial charge in [-0.25, -0.2) is 0 Å². The Labute approximate surface area is 137 Å². The van der Waals surface area contributed by atoms with Gasteiger partial charge in [0, 0.05) is 17.9 Å². The number of carboxylic acids is 1. The molecule has 1 N–H and O–H groups in total. The number of hydrogen-bond acceptors (Lipinski definition) is 4. The molecule has 0 saturated carbocycles. The third-order valence-corrected chi connectivity index (χ3v) is 3.86. The van der Waals surface area contributed by atoms with E-state index in [2.05, 4.69) is 30.1 Å². The van der Waals surface area contributed by atoms with Crippen LogP contribution in [0, 0.1) is 0 Å². The largest absolute Gasteiger partial charge is 0.496 e. The lowest BCUT2D eigenvalue weighted by molar-refractivity contribution is -0.137. The second kappa shape index (κ2) is 10.8. The van der Waals surface area contributed by atoms with Crippen LogP contribution in [-0.2, 0) is 11.3 Å². The minimum Gasteiger partial charge on any atom is -0.496 e. The van der Waals surface area contributed by atoms with Crippen molar-refractivity contribution >= 4 is 30.1 Å². The first-order chi connectivity index (χ1) is 9.56. The summed E-state index contributed by atoms with van der Waals surface area (Å²) in [5.74, 6) is 0.194. The van der Waals surface area contributed by atoms with Crippen molar-refractivity contribution in [3.05, 3.63) is 23.8 Å². The summed E-state index contributed by atoms with van der Waals surface area (Å²) in [5.41, 5.74) is 1.21. The van der Waals surface area contributed by atoms with Crippen LogP contribution in [0.1, 0.15) is 24.8 Å². The van der Waals surface area contributed by atoms with Gasteiger partial charge in [0.25, 0.3) is 0 Å². The standard InChI is InChI=1S/C15H23NO3S.ClH/c1-16(9-5-4-6-15(17)18)11-12-7-8-14(20-3)13(10-12)19-2;/h7-8,10H,4-6,9,11H2,1-3H3,(H,17,18);1H. The first kappa shape index (κ1) is 20.1. The lowest BCUT2D eigenvalue weighted by atomic mass is 10.2. The van der Waals surface area contributed by atoms with Gasteiger partial charge in [-0.05, 0) is 50.4 Å². The highest BCUT2D eigenvalue weighted by atomic mass is 35.5. The lowest BCUT2D eigenvalue weighted by Crippen LogP contribution is -2.19. The first-order valence-electron chi connectivity index (χ1n) is 6.68. The Morgan fingerprint density at radius 1 is 1.38 bits per heavy atom. The Morgan fingerprint density at radius 3 is 2.67 bits per heavy atom. The average molecular weight is 334 g/mol. The van der Waals surface area contributed by atoms with Gasteiger partial charge < -0.3 is 14.7 Å². The maximum Gasteiger partial charge on any atom is 0.303 e. The van der Waals surface area contributed by atoms with Crippen molar-refractivity contribution in [2.45, 2.75) is 30.7 Å². The molecule has 0 aliphatic carbocycles. The van der Waals surface area contributed by atoms with Crippen LogP contribution in [0.4, 0.5) is 0 Å². The Bertz CT molecular complexity index is 443. The van der Waals surface area contributed by atoms with E-state index in [1.165, 1.54) is 5.56 Å². The summed E-state index contributed by atoms with van der Waals surface area (Å²) in [6.07, 6.45) is 3.92. The van der Waals surface area contributed by atoms with E-state index in [0.29, 0.717) is 0 Å². The molecule has 0 heterocycles. The quantitative estimate of drug-likeness (QED) is 0.553. The van der Waals surface area contributed by atoms with E-state index in [-0.39, 0.29) is 18.8 Å². The number of unbranched alkanes of at least 4 members (excludes halogenated alkanes) is 1. The summed E-state index contributed by atoms with van der Waals surface area (Å²) >= 11 is 1.67. The number of hydrogen-bond donors (Lipinski definition) is 1. The van der Waals surface area contributed by atoms with Crippen molar-refractivity contribution in [2.75, 3.05) is 27.0 Å². The predicted molar refractivity (Wildman–Crippen MR) is 89.8 cm³/mol. The van der Waals surface area contributed by atoms with Crippen LogP contribution in [0.3, 0.4) is 0 Å². The SMILES string of the molecule is COc1cc(CN(C)CCCCC(=O)O)ccc1SC.Cl. The molecule has 0 fully saturated rings. The van der Waals surface area contributed by atoms with Gasteiger partial charge in [-0.3, -0.25) is 4.79 Å². The molecule has 0 aliphatic rings. The fourth-order valence-electron chi connectivity index (χ4n) is 2.03. The normalized spacial score (nSPS) is 10.3. The molecule has 1 rings (SSSR count). The highest BCUT2D eigenvalue weighted by molar-refractivity contribution is 7.98. The maximum absolute atomic E-state index is 10.4. The van der Waals surface area contributed by atoms with Crippen molar-refractivity contribution in [1.82, 2.24) is 4.90 Å². The van der Waals surface area contributed by atoms with Crippen molar-refractivity contribution in [1.29, 1.82) is 0 Å². The fraction of sp³-hybridized carbons (Fsp3) is 0.533. The molecule has 0 aliphatic heterocycles. The summed E-state index contributed by atoms with van der Waals surface area (Å²) in [7, 11) is 3.74. The Kier molecular flexibility index (Phi) is 10.3. The highest BCUT2D eigenvalue weighted by Gasteiger charge is 2.06. The number of aliphatic carboxylic acids is 1. The summed E-state index contributed by atoms with van der Waals surface area (Å²) < 4.78 is 5.38. The Morgan fingerprint density at radius 2 is 2.10 bits per heavy atom. The molecule has 4 nitrogen and oxygen atoms in total. The summed E-state index contributed by atoms with van der Waals surface area (Å²) in [6, 6.07) is 6.26. The van der Waals surface area contributed by atoms with E-state index in [9.17, 15) is 4.79 Å². The van der Waals surface area contributed by atoms with E-state index in [1.54, 1.807) is 18.9 Å². The number of thioether (sulfide) groups is 1. The average Bonchev–Trinajstić information content (AvgIpc) is 2.43. The van der Waals surface area contributed by atoms with Crippen LogP contribution >= 0.6 is 24.2 Å². The molecule has 0 amide bonds. The van der Waals surface area contributed by atoms with Gasteiger partial charge >= 0.3 is 5.97 Å². The predicted octanol–water partition coefficient (Wildman–Crippen LogP) is 3.53. The molecule has 6 heteroatoms. The summed E-state index contributed by atoms with van der Waals surface area (Å²) in [6.45, 7) is 1.75. The van der Waals surface area contributed by atoms with Gasteiger partial charge in [-0.1, -0.05) is 6.07 Å². The minimum absolute atomic E-state index is 0. The molecular weight excluding hydrogens is 310 g/mol. The zero-order chi connectivity index (χ0) is 15.0. The van der Waals surface area contributed by atoms with Crippen LogP contribution in [0.15, 0.2) is 23.1 Å². The third kappa shape index (κ3) is 7.60. The van der Waals surface area contributed by atoms with E-state index in [1.807, 2.05) is 6.26 Å². The van der Waals surface area contributed by atoms with E-state index in [4.69, 9.17) is 9.84 Å². The molecule has 0 radical (unpaired) electrons. The van der Waals surface area contributed by atoms with Gasteiger partial charge in [0.05, 0.1) is 7.11 Å². The topological polar surface area (TPSA) is 49.8 Å². The zero-order valence-electron chi connectivity index (χ0n) is 12.8. The first-order valence-corrected chi connectivity index (χ1v) is 7.90. The molecule has 1 aromatic rings. The number of carbonyl (C=O) groups is 1.